The van der Waals surface area contributed by atoms with Crippen LogP contribution in [0.4, 0.5) is 11.8 Å². The smallest absolute Gasteiger partial charge is 0.240 e. The summed E-state index contributed by atoms with van der Waals surface area (Å²) in [5, 5.41) is 4.56. The monoisotopic (exact) mass is 559 g/mol. The van der Waals surface area contributed by atoms with Crippen LogP contribution in [0.5, 0.6) is 0 Å². The third-order valence-electron chi connectivity index (χ3n) is 6.85. The van der Waals surface area contributed by atoms with Gasteiger partial charge in [-0.2, -0.15) is 4.98 Å². The van der Waals surface area contributed by atoms with E-state index in [4.69, 9.17) is 9.97 Å². The summed E-state index contributed by atoms with van der Waals surface area (Å²) in [4.78, 5) is 12.2. The number of nitrogens with one attached hydrogen (secondary N) is 2. The zero-order chi connectivity index (χ0) is 24.8. The van der Waals surface area contributed by atoms with E-state index in [-0.39, 0.29) is 0 Å². The van der Waals surface area contributed by atoms with Crippen LogP contribution in [0.3, 0.4) is 0 Å². The minimum atomic E-state index is -3.47. The molecule has 0 radical (unpaired) electrons. The molecule has 1 aliphatic rings. The molecule has 1 fully saturated rings. The Morgan fingerprint density at radius 1 is 0.914 bits per heavy atom. The Kier molecular flexibility index (Phi) is 8.62. The molecule has 1 aliphatic carbocycles. The topological polar surface area (TPSA) is 87.2 Å². The van der Waals surface area contributed by atoms with Gasteiger partial charge in [-0.05, 0) is 87.8 Å². The third-order valence-corrected chi connectivity index (χ3v) is 8.82. The van der Waals surface area contributed by atoms with Gasteiger partial charge in [0.15, 0.2) is 0 Å². The summed E-state index contributed by atoms with van der Waals surface area (Å²) in [6.45, 7) is 7.39. The van der Waals surface area contributed by atoms with Crippen molar-refractivity contribution in [2.24, 2.45) is 11.8 Å². The Labute approximate surface area is 216 Å². The third kappa shape index (κ3) is 6.51. The van der Waals surface area contributed by atoms with Crippen LogP contribution >= 0.6 is 15.9 Å². The van der Waals surface area contributed by atoms with Crippen molar-refractivity contribution in [2.45, 2.75) is 44.4 Å². The predicted molar refractivity (Wildman–Crippen MR) is 146 cm³/mol. The normalized spacial score (nSPS) is 18.5. The lowest BCUT2D eigenvalue weighted by Gasteiger charge is -2.29. The molecule has 0 amide bonds. The number of rotatable bonds is 10. The fourth-order valence-corrected chi connectivity index (χ4v) is 6.08. The Morgan fingerprint density at radius 3 is 2.20 bits per heavy atom. The van der Waals surface area contributed by atoms with Gasteiger partial charge in [0.25, 0.3) is 0 Å². The van der Waals surface area contributed by atoms with E-state index >= 15 is 0 Å². The SMILES string of the molecule is CCN(CC)c1nc(NC[C@H]2CC[C@H](CNS(=O)(=O)c3ccc(Br)cc3)CC2)nc2ccccc12. The molecule has 0 atom stereocenters. The Balaban J connectivity index is 1.30. The highest BCUT2D eigenvalue weighted by Crippen LogP contribution is 2.30. The summed E-state index contributed by atoms with van der Waals surface area (Å²) in [6.07, 6.45) is 4.15. The molecule has 2 aromatic carbocycles. The summed E-state index contributed by atoms with van der Waals surface area (Å²) >= 11 is 3.34. The van der Waals surface area contributed by atoms with E-state index in [2.05, 4.69) is 50.8 Å². The molecular weight excluding hydrogens is 526 g/mol. The highest BCUT2D eigenvalue weighted by Gasteiger charge is 2.24. The van der Waals surface area contributed by atoms with Gasteiger partial charge in [-0.1, -0.05) is 28.1 Å². The van der Waals surface area contributed by atoms with Crippen molar-refractivity contribution < 1.29 is 8.42 Å². The predicted octanol–water partition coefficient (Wildman–Crippen LogP) is 5.44. The number of sulfonamides is 1. The number of halogens is 1. The van der Waals surface area contributed by atoms with Gasteiger partial charge in [-0.25, -0.2) is 18.1 Å². The van der Waals surface area contributed by atoms with Crippen LogP contribution in [-0.2, 0) is 10.0 Å². The second-order valence-electron chi connectivity index (χ2n) is 9.13. The molecule has 9 heteroatoms. The zero-order valence-electron chi connectivity index (χ0n) is 20.4. The first kappa shape index (κ1) is 25.9. The van der Waals surface area contributed by atoms with E-state index < -0.39 is 10.0 Å². The van der Waals surface area contributed by atoms with Crippen LogP contribution in [0, 0.1) is 11.8 Å². The maximum absolute atomic E-state index is 12.6. The van der Waals surface area contributed by atoms with Crippen LogP contribution < -0.4 is 14.9 Å². The van der Waals surface area contributed by atoms with Gasteiger partial charge in [0.05, 0.1) is 10.4 Å². The lowest BCUT2D eigenvalue weighted by atomic mass is 9.82. The van der Waals surface area contributed by atoms with Crippen molar-refractivity contribution in [2.75, 3.05) is 36.4 Å². The van der Waals surface area contributed by atoms with Crippen molar-refractivity contribution >= 4 is 48.6 Å². The Morgan fingerprint density at radius 2 is 1.54 bits per heavy atom. The summed E-state index contributed by atoms with van der Waals surface area (Å²) in [7, 11) is -3.47. The second kappa shape index (κ2) is 11.7. The molecule has 1 saturated carbocycles. The van der Waals surface area contributed by atoms with E-state index in [1.54, 1.807) is 24.3 Å². The summed E-state index contributed by atoms with van der Waals surface area (Å²) < 4.78 is 28.8. The van der Waals surface area contributed by atoms with Crippen LogP contribution in [0.25, 0.3) is 10.9 Å². The summed E-state index contributed by atoms with van der Waals surface area (Å²) in [5.41, 5.74) is 0.952. The Bertz CT molecular complexity index is 1220. The minimum absolute atomic E-state index is 0.304. The summed E-state index contributed by atoms with van der Waals surface area (Å²) in [5.74, 6) is 2.55. The van der Waals surface area contributed by atoms with Gasteiger partial charge in [-0.15, -0.1) is 0 Å². The van der Waals surface area contributed by atoms with Gasteiger partial charge < -0.3 is 10.2 Å². The molecule has 0 aliphatic heterocycles. The Hall–Kier alpha value is -2.23. The van der Waals surface area contributed by atoms with E-state index in [0.717, 1.165) is 66.5 Å². The average Bonchev–Trinajstić information content (AvgIpc) is 2.88. The second-order valence-corrected chi connectivity index (χ2v) is 11.8. The van der Waals surface area contributed by atoms with Gasteiger partial charge in [-0.3, -0.25) is 0 Å². The molecule has 0 spiro atoms. The maximum atomic E-state index is 12.6. The number of anilines is 2. The quantitative estimate of drug-likeness (QED) is 0.344. The molecule has 188 valence electrons. The van der Waals surface area contributed by atoms with E-state index in [1.165, 1.54) is 0 Å². The highest BCUT2D eigenvalue weighted by molar-refractivity contribution is 9.10. The first-order valence-corrected chi connectivity index (χ1v) is 14.7. The molecule has 3 aromatic rings. The van der Waals surface area contributed by atoms with Gasteiger partial charge in [0.1, 0.15) is 5.82 Å². The molecule has 0 unspecified atom stereocenters. The molecule has 1 aromatic heterocycles. The first-order valence-electron chi connectivity index (χ1n) is 12.4. The number of hydrogen-bond acceptors (Lipinski definition) is 6. The van der Waals surface area contributed by atoms with Gasteiger partial charge in [0.2, 0.25) is 16.0 Å². The van der Waals surface area contributed by atoms with E-state index in [9.17, 15) is 8.42 Å². The molecule has 4 rings (SSSR count). The maximum Gasteiger partial charge on any atom is 0.240 e. The van der Waals surface area contributed by atoms with Crippen molar-refractivity contribution in [3.63, 3.8) is 0 Å². The van der Waals surface area contributed by atoms with E-state index in [0.29, 0.717) is 29.2 Å². The molecular formula is C26H34BrN5O2S. The number of aromatic nitrogens is 2. The average molecular weight is 561 g/mol. The fourth-order valence-electron chi connectivity index (χ4n) is 4.70. The van der Waals surface area contributed by atoms with Crippen molar-refractivity contribution in [3.8, 4) is 0 Å². The van der Waals surface area contributed by atoms with Crippen molar-refractivity contribution in [1.82, 2.24) is 14.7 Å². The van der Waals surface area contributed by atoms with Crippen LogP contribution in [0.15, 0.2) is 57.9 Å². The largest absolute Gasteiger partial charge is 0.356 e. The number of hydrogen-bond donors (Lipinski definition) is 2. The molecule has 2 N–H and O–H groups in total. The number of benzene rings is 2. The summed E-state index contributed by atoms with van der Waals surface area (Å²) in [6, 6.07) is 14.9. The van der Waals surface area contributed by atoms with Gasteiger partial charge >= 0.3 is 0 Å². The number of para-hydroxylation sites is 1. The van der Waals surface area contributed by atoms with E-state index in [1.807, 2.05) is 18.2 Å². The lowest BCUT2D eigenvalue weighted by Crippen LogP contribution is -2.32. The van der Waals surface area contributed by atoms with Crippen LogP contribution in [0.1, 0.15) is 39.5 Å². The standard InChI is InChI=1S/C26H34BrN5O2S/c1-3-32(4-2)25-23-7-5-6-8-24(23)30-26(31-25)28-17-19-9-11-20(12-10-19)18-29-35(33,34)22-15-13-21(27)14-16-22/h5-8,13-16,19-20,29H,3-4,9-12,17-18H2,1-2H3,(H,28,30,31)/t19-,20-. The molecule has 1 heterocycles. The zero-order valence-corrected chi connectivity index (χ0v) is 22.8. The van der Waals surface area contributed by atoms with Crippen LogP contribution in [-0.4, -0.2) is 44.6 Å². The molecule has 35 heavy (non-hydrogen) atoms. The highest BCUT2D eigenvalue weighted by atomic mass is 79.9. The molecule has 7 nitrogen and oxygen atoms in total. The van der Waals surface area contributed by atoms with Crippen LogP contribution in [0.2, 0.25) is 0 Å². The fraction of sp³-hybridized carbons (Fsp3) is 0.462. The number of nitrogens with zero attached hydrogens (tertiary/aromatic N) is 3. The lowest BCUT2D eigenvalue weighted by molar-refractivity contribution is 0.284. The van der Waals surface area contributed by atoms with Crippen molar-refractivity contribution in [3.05, 3.63) is 53.0 Å². The van der Waals surface area contributed by atoms with Crippen molar-refractivity contribution in [1.29, 1.82) is 0 Å². The first-order chi connectivity index (χ1) is 16.9. The van der Waals surface area contributed by atoms with Gasteiger partial charge in [0, 0.05) is 36.0 Å². The molecule has 0 bridgehead atoms. The molecule has 0 saturated heterocycles. The number of fused-ring (bicyclic) bond motifs is 1. The minimum Gasteiger partial charge on any atom is -0.356 e.